The van der Waals surface area contributed by atoms with Crippen LogP contribution in [0.1, 0.15) is 40.9 Å². The molecule has 1 heterocycles. The van der Waals surface area contributed by atoms with E-state index in [1.807, 2.05) is 32.9 Å². The molecular weight excluding hydrogens is 380 g/mol. The minimum absolute atomic E-state index is 0.125. The molecule has 1 aromatic heterocycles. The summed E-state index contributed by atoms with van der Waals surface area (Å²) in [5, 5.41) is 3.73. The third-order valence-corrected chi connectivity index (χ3v) is 4.77. The van der Waals surface area contributed by atoms with Crippen LogP contribution in [0.3, 0.4) is 0 Å². The van der Waals surface area contributed by atoms with Crippen LogP contribution in [0.5, 0.6) is 0 Å². The van der Waals surface area contributed by atoms with Gasteiger partial charge in [-0.15, -0.1) is 0 Å². The molecule has 3 rings (SSSR count). The quantitative estimate of drug-likeness (QED) is 0.646. The van der Waals surface area contributed by atoms with Gasteiger partial charge in [0, 0.05) is 17.1 Å². The van der Waals surface area contributed by atoms with Gasteiger partial charge >= 0.3 is 5.97 Å². The van der Waals surface area contributed by atoms with E-state index in [2.05, 4.69) is 5.32 Å². The number of rotatable bonds is 5. The second kappa shape index (κ2) is 8.53. The fourth-order valence-corrected chi connectivity index (χ4v) is 3.58. The Morgan fingerprint density at radius 3 is 2.47 bits per heavy atom. The zero-order valence-electron chi connectivity index (χ0n) is 17.9. The zero-order chi connectivity index (χ0) is 22.0. The number of pyridine rings is 1. The van der Waals surface area contributed by atoms with E-state index in [9.17, 15) is 14.4 Å². The van der Waals surface area contributed by atoms with Gasteiger partial charge < -0.3 is 10.1 Å². The smallest absolute Gasteiger partial charge is 0.338 e. The highest BCUT2D eigenvalue weighted by Crippen LogP contribution is 2.22. The molecule has 1 amide bonds. The number of carbonyl (C=O) groups excluding carboxylic acids is 2. The zero-order valence-corrected chi connectivity index (χ0v) is 17.9. The molecule has 1 N–H and O–H groups in total. The third kappa shape index (κ3) is 4.59. The largest absolute Gasteiger partial charge is 0.459 e. The highest BCUT2D eigenvalue weighted by atomic mass is 16.5. The number of carbonyl (C=O) groups is 2. The molecule has 30 heavy (non-hydrogen) atoms. The van der Waals surface area contributed by atoms with Gasteiger partial charge in [0.15, 0.2) is 0 Å². The molecular formula is C24H26N2O4. The Hall–Kier alpha value is -3.41. The van der Waals surface area contributed by atoms with Gasteiger partial charge in [-0.2, -0.15) is 0 Å². The van der Waals surface area contributed by atoms with Crippen molar-refractivity contribution in [1.29, 1.82) is 0 Å². The Morgan fingerprint density at radius 2 is 1.77 bits per heavy atom. The third-order valence-electron chi connectivity index (χ3n) is 4.77. The molecule has 0 fully saturated rings. The summed E-state index contributed by atoms with van der Waals surface area (Å²) in [5.74, 6) is -0.801. The fraction of sp³-hybridized carbons (Fsp3) is 0.292. The minimum atomic E-state index is -0.451. The van der Waals surface area contributed by atoms with Gasteiger partial charge in [-0.25, -0.2) is 4.79 Å². The lowest BCUT2D eigenvalue weighted by atomic mass is 10.0. The summed E-state index contributed by atoms with van der Waals surface area (Å²) in [5.41, 5.74) is 4.28. The van der Waals surface area contributed by atoms with E-state index in [1.165, 1.54) is 4.57 Å². The van der Waals surface area contributed by atoms with Crippen LogP contribution >= 0.6 is 0 Å². The van der Waals surface area contributed by atoms with Crippen LogP contribution < -0.4 is 10.9 Å². The Bertz CT molecular complexity index is 1190. The maximum absolute atomic E-state index is 12.7. The molecule has 0 saturated heterocycles. The monoisotopic (exact) mass is 406 g/mol. The molecule has 0 saturated carbocycles. The number of nitrogens with zero attached hydrogens (tertiary/aromatic N) is 1. The lowest BCUT2D eigenvalue weighted by Crippen LogP contribution is -2.28. The Morgan fingerprint density at radius 1 is 1.03 bits per heavy atom. The number of anilines is 1. The molecule has 6 nitrogen and oxygen atoms in total. The van der Waals surface area contributed by atoms with Crippen molar-refractivity contribution < 1.29 is 14.3 Å². The molecule has 3 aromatic rings. The number of amides is 1. The molecule has 6 heteroatoms. The van der Waals surface area contributed by atoms with Crippen molar-refractivity contribution in [3.8, 4) is 0 Å². The van der Waals surface area contributed by atoms with Gasteiger partial charge in [-0.1, -0.05) is 17.7 Å². The summed E-state index contributed by atoms with van der Waals surface area (Å²) in [6.07, 6.45) is -0.232. The van der Waals surface area contributed by atoms with Crippen LogP contribution in [0.2, 0.25) is 0 Å². The molecule has 0 aliphatic heterocycles. The Labute approximate surface area is 175 Å². The molecule has 156 valence electrons. The summed E-state index contributed by atoms with van der Waals surface area (Å²) in [4.78, 5) is 37.5. The van der Waals surface area contributed by atoms with Crippen molar-refractivity contribution in [2.75, 3.05) is 5.32 Å². The maximum Gasteiger partial charge on any atom is 0.338 e. The molecule has 0 aliphatic rings. The first-order chi connectivity index (χ1) is 14.2. The second-order valence-corrected chi connectivity index (χ2v) is 7.81. The predicted octanol–water partition coefficient (Wildman–Crippen LogP) is 4.13. The number of benzene rings is 2. The van der Waals surface area contributed by atoms with E-state index in [0.29, 0.717) is 11.3 Å². The molecule has 2 aromatic carbocycles. The Kier molecular flexibility index (Phi) is 6.06. The van der Waals surface area contributed by atoms with Crippen molar-refractivity contribution >= 4 is 28.5 Å². The molecule has 0 aliphatic carbocycles. The average molecular weight is 406 g/mol. The van der Waals surface area contributed by atoms with E-state index in [1.54, 1.807) is 44.2 Å². The number of esters is 1. The first-order valence-corrected chi connectivity index (χ1v) is 9.88. The Balaban J connectivity index is 1.88. The number of aryl methyl sites for hydroxylation is 3. The van der Waals surface area contributed by atoms with Crippen LogP contribution in [0.4, 0.5) is 5.69 Å². The number of aromatic nitrogens is 1. The summed E-state index contributed by atoms with van der Waals surface area (Å²) in [6.45, 7) is 9.26. The molecule has 0 radical (unpaired) electrons. The molecule has 0 atom stereocenters. The summed E-state index contributed by atoms with van der Waals surface area (Å²) < 4.78 is 6.68. The minimum Gasteiger partial charge on any atom is -0.459 e. The van der Waals surface area contributed by atoms with E-state index in [4.69, 9.17) is 4.74 Å². The number of hydrogen-bond acceptors (Lipinski definition) is 4. The van der Waals surface area contributed by atoms with Crippen molar-refractivity contribution in [2.24, 2.45) is 0 Å². The number of fused-ring (bicyclic) bond motifs is 1. The average Bonchev–Trinajstić information content (AvgIpc) is 2.64. The SMILES string of the molecule is Cc1cc(C)c2c(c1)c(C)cc(=O)n2CC(=O)Nc1cccc(C(=O)OC(C)C)c1. The maximum atomic E-state index is 12.7. The normalized spacial score (nSPS) is 11.0. The first-order valence-electron chi connectivity index (χ1n) is 9.88. The van der Waals surface area contributed by atoms with Crippen LogP contribution in [-0.2, 0) is 16.1 Å². The van der Waals surface area contributed by atoms with Gasteiger partial charge in [0.05, 0.1) is 17.2 Å². The van der Waals surface area contributed by atoms with E-state index < -0.39 is 5.97 Å². The molecule has 0 bridgehead atoms. The van der Waals surface area contributed by atoms with E-state index >= 15 is 0 Å². The second-order valence-electron chi connectivity index (χ2n) is 7.81. The highest BCUT2D eigenvalue weighted by molar-refractivity contribution is 5.95. The predicted molar refractivity (Wildman–Crippen MR) is 118 cm³/mol. The molecule has 0 unspecified atom stereocenters. The number of nitrogens with one attached hydrogen (secondary N) is 1. The number of hydrogen-bond donors (Lipinski definition) is 1. The van der Waals surface area contributed by atoms with E-state index in [0.717, 1.165) is 27.6 Å². The number of ether oxygens (including phenoxy) is 1. The van der Waals surface area contributed by atoms with Crippen LogP contribution in [-0.4, -0.2) is 22.5 Å². The van der Waals surface area contributed by atoms with Gasteiger partial charge in [0.1, 0.15) is 6.54 Å². The van der Waals surface area contributed by atoms with Crippen LogP contribution in [0.15, 0.2) is 47.3 Å². The van der Waals surface area contributed by atoms with E-state index in [-0.39, 0.29) is 24.1 Å². The lowest BCUT2D eigenvalue weighted by Gasteiger charge is -2.15. The van der Waals surface area contributed by atoms with Crippen molar-refractivity contribution in [3.63, 3.8) is 0 Å². The standard InChI is InChI=1S/C24H26N2O4/c1-14(2)30-24(29)18-7-6-8-19(12-18)25-21(27)13-26-22(28)11-16(4)20-10-15(3)9-17(5)23(20)26/h6-12,14H,13H2,1-5H3,(H,25,27). The van der Waals surface area contributed by atoms with Crippen LogP contribution in [0.25, 0.3) is 10.9 Å². The van der Waals surface area contributed by atoms with Crippen molar-refractivity contribution in [2.45, 2.75) is 47.3 Å². The van der Waals surface area contributed by atoms with Crippen molar-refractivity contribution in [1.82, 2.24) is 4.57 Å². The van der Waals surface area contributed by atoms with Crippen LogP contribution in [0, 0.1) is 20.8 Å². The van der Waals surface area contributed by atoms with Gasteiger partial charge in [-0.05, 0) is 70.0 Å². The van der Waals surface area contributed by atoms with Gasteiger partial charge in [0.25, 0.3) is 5.56 Å². The van der Waals surface area contributed by atoms with Crippen molar-refractivity contribution in [3.05, 3.63) is 75.1 Å². The highest BCUT2D eigenvalue weighted by Gasteiger charge is 2.14. The summed E-state index contributed by atoms with van der Waals surface area (Å²) in [7, 11) is 0. The first kappa shape index (κ1) is 21.3. The lowest BCUT2D eigenvalue weighted by molar-refractivity contribution is -0.116. The summed E-state index contributed by atoms with van der Waals surface area (Å²) in [6, 6.07) is 12.1. The van der Waals surface area contributed by atoms with Gasteiger partial charge in [-0.3, -0.25) is 14.2 Å². The fourth-order valence-electron chi connectivity index (χ4n) is 3.58. The topological polar surface area (TPSA) is 77.4 Å². The summed E-state index contributed by atoms with van der Waals surface area (Å²) >= 11 is 0. The molecule has 0 spiro atoms. The van der Waals surface area contributed by atoms with Gasteiger partial charge in [0.2, 0.25) is 5.91 Å².